The van der Waals surface area contributed by atoms with Crippen molar-refractivity contribution in [1.29, 1.82) is 0 Å². The second-order valence-corrected chi connectivity index (χ2v) is 4.31. The largest absolute Gasteiger partial charge is 0.465 e. The van der Waals surface area contributed by atoms with Crippen molar-refractivity contribution in [3.63, 3.8) is 0 Å². The highest BCUT2D eigenvalue weighted by Gasteiger charge is 2.13. The number of rotatable bonds is 6. The number of carbonyl (C=O) groups is 1. The van der Waals surface area contributed by atoms with Crippen LogP contribution >= 0.6 is 11.6 Å². The number of hydrogen-bond donors (Lipinski definition) is 1. The van der Waals surface area contributed by atoms with Crippen LogP contribution in [0.3, 0.4) is 0 Å². The summed E-state index contributed by atoms with van der Waals surface area (Å²) in [5, 5.41) is 0.733. The van der Waals surface area contributed by atoms with Gasteiger partial charge in [0.15, 0.2) is 0 Å². The van der Waals surface area contributed by atoms with Gasteiger partial charge in [-0.05, 0) is 43.9 Å². The maximum atomic E-state index is 11.3. The van der Waals surface area contributed by atoms with Crippen LogP contribution in [0.2, 0.25) is 5.02 Å². The van der Waals surface area contributed by atoms with Gasteiger partial charge in [0.05, 0.1) is 6.61 Å². The van der Waals surface area contributed by atoms with Gasteiger partial charge in [0.2, 0.25) is 0 Å². The Hall–Kier alpha value is -1.06. The van der Waals surface area contributed by atoms with Gasteiger partial charge >= 0.3 is 5.97 Å². The molecule has 1 rings (SSSR count). The molecule has 0 aromatic heterocycles. The van der Waals surface area contributed by atoms with Crippen LogP contribution in [0.4, 0.5) is 0 Å². The van der Waals surface area contributed by atoms with Crippen LogP contribution in [0.1, 0.15) is 25.3 Å². The molecule has 0 saturated carbocycles. The molecule has 0 saturated heterocycles. The number of benzene rings is 1. The summed E-state index contributed by atoms with van der Waals surface area (Å²) in [5.74, 6) is -0.316. The van der Waals surface area contributed by atoms with E-state index in [9.17, 15) is 4.79 Å². The Labute approximate surface area is 107 Å². The van der Waals surface area contributed by atoms with Gasteiger partial charge in [-0.15, -0.1) is 0 Å². The lowest BCUT2D eigenvalue weighted by molar-refractivity contribution is -0.144. The zero-order valence-corrected chi connectivity index (χ0v) is 10.7. The molecule has 0 heterocycles. The van der Waals surface area contributed by atoms with Gasteiger partial charge in [0.1, 0.15) is 6.04 Å². The molecule has 2 N–H and O–H groups in total. The van der Waals surface area contributed by atoms with Crippen LogP contribution in [-0.4, -0.2) is 18.6 Å². The van der Waals surface area contributed by atoms with Crippen molar-refractivity contribution < 1.29 is 9.53 Å². The summed E-state index contributed by atoms with van der Waals surface area (Å²) in [6.45, 7) is 2.15. The van der Waals surface area contributed by atoms with E-state index >= 15 is 0 Å². The SMILES string of the molecule is CCOC(=O)C(N)CCCc1ccc(Cl)cc1. The summed E-state index contributed by atoms with van der Waals surface area (Å²) in [5.41, 5.74) is 6.90. The Balaban J connectivity index is 2.27. The van der Waals surface area contributed by atoms with Gasteiger partial charge < -0.3 is 10.5 Å². The average Bonchev–Trinajstić information content (AvgIpc) is 2.32. The molecular formula is C13H18ClNO2. The first-order valence-corrected chi connectivity index (χ1v) is 6.18. The first-order valence-electron chi connectivity index (χ1n) is 5.80. The van der Waals surface area contributed by atoms with Crippen molar-refractivity contribution in [2.24, 2.45) is 5.73 Å². The second kappa shape index (κ2) is 7.30. The maximum absolute atomic E-state index is 11.3. The highest BCUT2D eigenvalue weighted by molar-refractivity contribution is 6.30. The van der Waals surface area contributed by atoms with Crippen molar-refractivity contribution >= 4 is 17.6 Å². The number of hydrogen-bond acceptors (Lipinski definition) is 3. The lowest BCUT2D eigenvalue weighted by atomic mass is 10.1. The number of carbonyl (C=O) groups excluding carboxylic acids is 1. The van der Waals surface area contributed by atoms with Gasteiger partial charge in [-0.2, -0.15) is 0 Å². The standard InChI is InChI=1S/C13H18ClNO2/c1-2-17-13(16)12(15)5-3-4-10-6-8-11(14)9-7-10/h6-9,12H,2-5,15H2,1H3. The quantitative estimate of drug-likeness (QED) is 0.795. The Morgan fingerprint density at radius 2 is 2.06 bits per heavy atom. The number of esters is 1. The molecular weight excluding hydrogens is 238 g/mol. The van der Waals surface area contributed by atoms with E-state index < -0.39 is 6.04 Å². The molecule has 0 aliphatic carbocycles. The summed E-state index contributed by atoms with van der Waals surface area (Å²) in [6.07, 6.45) is 2.40. The third kappa shape index (κ3) is 5.20. The zero-order valence-electron chi connectivity index (χ0n) is 9.99. The highest BCUT2D eigenvalue weighted by Crippen LogP contribution is 2.12. The minimum atomic E-state index is -0.512. The molecule has 4 heteroatoms. The fourth-order valence-corrected chi connectivity index (χ4v) is 1.67. The molecule has 0 amide bonds. The maximum Gasteiger partial charge on any atom is 0.322 e. The van der Waals surface area contributed by atoms with E-state index in [1.54, 1.807) is 6.92 Å². The molecule has 0 bridgehead atoms. The number of halogens is 1. The van der Waals surface area contributed by atoms with Crippen molar-refractivity contribution in [3.8, 4) is 0 Å². The molecule has 1 unspecified atom stereocenters. The second-order valence-electron chi connectivity index (χ2n) is 3.88. The molecule has 1 aromatic carbocycles. The van der Waals surface area contributed by atoms with E-state index in [1.165, 1.54) is 5.56 Å². The third-order valence-electron chi connectivity index (χ3n) is 2.48. The molecule has 0 spiro atoms. The van der Waals surface area contributed by atoms with Crippen molar-refractivity contribution in [3.05, 3.63) is 34.9 Å². The lowest BCUT2D eigenvalue weighted by Crippen LogP contribution is -2.32. The van der Waals surface area contributed by atoms with Gasteiger partial charge in [-0.1, -0.05) is 23.7 Å². The third-order valence-corrected chi connectivity index (χ3v) is 2.74. The minimum Gasteiger partial charge on any atom is -0.465 e. The van der Waals surface area contributed by atoms with E-state index in [0.29, 0.717) is 13.0 Å². The van der Waals surface area contributed by atoms with E-state index in [4.69, 9.17) is 22.1 Å². The summed E-state index contributed by atoms with van der Waals surface area (Å²) >= 11 is 5.79. The number of ether oxygens (including phenoxy) is 1. The Bertz CT molecular complexity index is 351. The van der Waals surface area contributed by atoms with E-state index in [-0.39, 0.29) is 5.97 Å². The Kier molecular flexibility index (Phi) is 6.01. The van der Waals surface area contributed by atoms with Crippen molar-refractivity contribution in [1.82, 2.24) is 0 Å². The van der Waals surface area contributed by atoms with Crippen LogP contribution in [0, 0.1) is 0 Å². The monoisotopic (exact) mass is 255 g/mol. The first kappa shape index (κ1) is 14.0. The van der Waals surface area contributed by atoms with E-state index in [1.807, 2.05) is 24.3 Å². The number of nitrogens with two attached hydrogens (primary N) is 1. The lowest BCUT2D eigenvalue weighted by Gasteiger charge is -2.10. The molecule has 1 atom stereocenters. The smallest absolute Gasteiger partial charge is 0.322 e. The topological polar surface area (TPSA) is 52.3 Å². The summed E-state index contributed by atoms with van der Waals surface area (Å²) in [6, 6.07) is 7.18. The highest BCUT2D eigenvalue weighted by atomic mass is 35.5. The van der Waals surface area contributed by atoms with Crippen LogP contribution < -0.4 is 5.73 Å². The molecule has 0 aliphatic rings. The van der Waals surface area contributed by atoms with Gasteiger partial charge in [-0.3, -0.25) is 4.79 Å². The molecule has 3 nitrogen and oxygen atoms in total. The summed E-state index contributed by atoms with van der Waals surface area (Å²) in [7, 11) is 0. The molecule has 0 fully saturated rings. The molecule has 17 heavy (non-hydrogen) atoms. The van der Waals surface area contributed by atoms with Crippen molar-refractivity contribution in [2.45, 2.75) is 32.2 Å². The zero-order chi connectivity index (χ0) is 12.7. The van der Waals surface area contributed by atoms with Crippen LogP contribution in [0.15, 0.2) is 24.3 Å². The Morgan fingerprint density at radius 3 is 2.65 bits per heavy atom. The predicted octanol–water partition coefficient (Wildman–Crippen LogP) is 2.55. The Morgan fingerprint density at radius 1 is 1.41 bits per heavy atom. The van der Waals surface area contributed by atoms with Crippen molar-refractivity contribution in [2.75, 3.05) is 6.61 Å². The summed E-state index contributed by atoms with van der Waals surface area (Å²) in [4.78, 5) is 11.3. The summed E-state index contributed by atoms with van der Waals surface area (Å²) < 4.78 is 4.84. The van der Waals surface area contributed by atoms with E-state index in [0.717, 1.165) is 17.9 Å². The fraction of sp³-hybridized carbons (Fsp3) is 0.462. The molecule has 1 aromatic rings. The minimum absolute atomic E-state index is 0.316. The molecule has 0 aliphatic heterocycles. The van der Waals surface area contributed by atoms with Gasteiger partial charge in [0, 0.05) is 5.02 Å². The van der Waals surface area contributed by atoms with E-state index in [2.05, 4.69) is 0 Å². The van der Waals surface area contributed by atoms with Crippen LogP contribution in [0.5, 0.6) is 0 Å². The average molecular weight is 256 g/mol. The molecule has 94 valence electrons. The normalized spacial score (nSPS) is 12.2. The first-order chi connectivity index (χ1) is 8.13. The van der Waals surface area contributed by atoms with Crippen LogP contribution in [0.25, 0.3) is 0 Å². The van der Waals surface area contributed by atoms with Crippen LogP contribution in [-0.2, 0) is 16.0 Å². The molecule has 0 radical (unpaired) electrons. The van der Waals surface area contributed by atoms with Gasteiger partial charge in [-0.25, -0.2) is 0 Å². The van der Waals surface area contributed by atoms with Gasteiger partial charge in [0.25, 0.3) is 0 Å². The number of aryl methyl sites for hydroxylation is 1. The predicted molar refractivity (Wildman–Crippen MR) is 69.0 cm³/mol. The fourth-order valence-electron chi connectivity index (χ4n) is 1.54.